The maximum atomic E-state index is 13.0. The average Bonchev–Trinajstić information content (AvgIpc) is 2.55. The van der Waals surface area contributed by atoms with Gasteiger partial charge in [-0.1, -0.05) is 13.8 Å². The lowest BCUT2D eigenvalue weighted by Gasteiger charge is -2.21. The summed E-state index contributed by atoms with van der Waals surface area (Å²) in [4.78, 5) is 23.1. The van der Waals surface area contributed by atoms with Gasteiger partial charge in [0.2, 0.25) is 5.95 Å². The van der Waals surface area contributed by atoms with E-state index in [1.54, 1.807) is 18.2 Å². The predicted octanol–water partition coefficient (Wildman–Crippen LogP) is 3.93. The molecule has 2 aromatic rings. The van der Waals surface area contributed by atoms with E-state index >= 15 is 0 Å². The number of hydrogen-bond acceptors (Lipinski definition) is 4. The van der Waals surface area contributed by atoms with Crippen molar-refractivity contribution in [2.75, 3.05) is 18.4 Å². The van der Waals surface area contributed by atoms with Crippen LogP contribution in [0.4, 0.5) is 16.0 Å². The van der Waals surface area contributed by atoms with Crippen molar-refractivity contribution in [2.45, 2.75) is 33.6 Å². The quantitative estimate of drug-likeness (QED) is 0.835. The van der Waals surface area contributed by atoms with Gasteiger partial charge in [0, 0.05) is 24.5 Å². The van der Waals surface area contributed by atoms with Crippen LogP contribution in [0.5, 0.6) is 0 Å². The molecule has 6 heteroatoms. The molecule has 24 heavy (non-hydrogen) atoms. The molecular weight excluding hydrogens is 307 g/mol. The first-order valence-electron chi connectivity index (χ1n) is 8.21. The monoisotopic (exact) mass is 330 g/mol. The number of anilines is 2. The van der Waals surface area contributed by atoms with Crippen molar-refractivity contribution in [3.05, 3.63) is 47.5 Å². The smallest absolute Gasteiger partial charge is 0.272 e. The molecule has 0 aliphatic carbocycles. The summed E-state index contributed by atoms with van der Waals surface area (Å²) in [7, 11) is 0. The van der Waals surface area contributed by atoms with Gasteiger partial charge >= 0.3 is 0 Å². The number of aryl methyl sites for hydroxylation is 1. The van der Waals surface area contributed by atoms with E-state index in [1.807, 2.05) is 25.7 Å². The van der Waals surface area contributed by atoms with Gasteiger partial charge in [-0.2, -0.15) is 0 Å². The lowest BCUT2D eigenvalue weighted by Crippen LogP contribution is -2.33. The summed E-state index contributed by atoms with van der Waals surface area (Å²) in [6, 6.07) is 7.60. The third kappa shape index (κ3) is 4.75. The van der Waals surface area contributed by atoms with E-state index < -0.39 is 0 Å². The van der Waals surface area contributed by atoms with Crippen LogP contribution < -0.4 is 5.32 Å². The first-order valence-corrected chi connectivity index (χ1v) is 8.21. The molecule has 0 bridgehead atoms. The third-order valence-corrected chi connectivity index (χ3v) is 3.45. The molecule has 1 aromatic carbocycles. The zero-order valence-corrected chi connectivity index (χ0v) is 14.3. The fourth-order valence-electron chi connectivity index (χ4n) is 2.41. The molecular formula is C18H23FN4O. The van der Waals surface area contributed by atoms with Crippen LogP contribution >= 0.6 is 0 Å². The SMILES string of the molecule is CCCN(CCC)C(=O)c1cc(C)nc(Nc2ccc(F)cc2)n1. The maximum Gasteiger partial charge on any atom is 0.272 e. The minimum Gasteiger partial charge on any atom is -0.337 e. The molecule has 0 unspecified atom stereocenters. The standard InChI is InChI=1S/C18H23FN4O/c1-4-10-23(11-5-2)17(24)16-12-13(3)20-18(22-16)21-15-8-6-14(19)7-9-15/h6-9,12H,4-5,10-11H2,1-3H3,(H,20,21,22). The largest absolute Gasteiger partial charge is 0.337 e. The van der Waals surface area contributed by atoms with E-state index in [0.29, 0.717) is 36.1 Å². The van der Waals surface area contributed by atoms with Gasteiger partial charge in [0.05, 0.1) is 0 Å². The van der Waals surface area contributed by atoms with E-state index in [2.05, 4.69) is 15.3 Å². The Morgan fingerprint density at radius 3 is 2.33 bits per heavy atom. The van der Waals surface area contributed by atoms with E-state index in [4.69, 9.17) is 0 Å². The van der Waals surface area contributed by atoms with Crippen LogP contribution in [-0.4, -0.2) is 33.9 Å². The molecule has 5 nitrogen and oxygen atoms in total. The fraction of sp³-hybridized carbons (Fsp3) is 0.389. The number of aromatic nitrogens is 2. The normalized spacial score (nSPS) is 10.5. The van der Waals surface area contributed by atoms with Crippen LogP contribution in [0.3, 0.4) is 0 Å². The Kier molecular flexibility index (Phi) is 6.23. The first-order chi connectivity index (χ1) is 11.5. The minimum absolute atomic E-state index is 0.0913. The highest BCUT2D eigenvalue weighted by atomic mass is 19.1. The number of rotatable bonds is 7. The highest BCUT2D eigenvalue weighted by molar-refractivity contribution is 5.92. The molecule has 0 fully saturated rings. The first kappa shape index (κ1) is 17.8. The Bertz CT molecular complexity index is 682. The number of hydrogen-bond donors (Lipinski definition) is 1. The molecule has 128 valence electrons. The summed E-state index contributed by atoms with van der Waals surface area (Å²) >= 11 is 0. The highest BCUT2D eigenvalue weighted by Crippen LogP contribution is 2.15. The van der Waals surface area contributed by atoms with E-state index in [0.717, 1.165) is 12.8 Å². The van der Waals surface area contributed by atoms with Gasteiger partial charge in [-0.05, 0) is 50.1 Å². The second-order valence-corrected chi connectivity index (χ2v) is 5.64. The maximum absolute atomic E-state index is 13.0. The van der Waals surface area contributed by atoms with Crippen molar-refractivity contribution < 1.29 is 9.18 Å². The van der Waals surface area contributed by atoms with Crippen LogP contribution in [0.15, 0.2) is 30.3 Å². The summed E-state index contributed by atoms with van der Waals surface area (Å²) in [5.74, 6) is -0.0689. The van der Waals surface area contributed by atoms with Crippen molar-refractivity contribution in [1.29, 1.82) is 0 Å². The lowest BCUT2D eigenvalue weighted by molar-refractivity contribution is 0.0749. The number of carbonyl (C=O) groups is 1. The molecule has 1 N–H and O–H groups in total. The van der Waals surface area contributed by atoms with Crippen molar-refractivity contribution in [1.82, 2.24) is 14.9 Å². The van der Waals surface area contributed by atoms with Gasteiger partial charge in [0.25, 0.3) is 5.91 Å². The van der Waals surface area contributed by atoms with Gasteiger partial charge in [-0.15, -0.1) is 0 Å². The van der Waals surface area contributed by atoms with Gasteiger partial charge in [-0.25, -0.2) is 14.4 Å². The summed E-state index contributed by atoms with van der Waals surface area (Å²) in [5.41, 5.74) is 1.74. The summed E-state index contributed by atoms with van der Waals surface area (Å²) < 4.78 is 13.0. The van der Waals surface area contributed by atoms with Gasteiger partial charge in [0.15, 0.2) is 0 Å². The zero-order valence-electron chi connectivity index (χ0n) is 14.3. The molecule has 0 aliphatic rings. The van der Waals surface area contributed by atoms with Crippen molar-refractivity contribution in [3.8, 4) is 0 Å². The topological polar surface area (TPSA) is 58.1 Å². The molecule has 0 radical (unpaired) electrons. The third-order valence-electron chi connectivity index (χ3n) is 3.45. The Hall–Kier alpha value is -2.50. The van der Waals surface area contributed by atoms with Crippen molar-refractivity contribution in [3.63, 3.8) is 0 Å². The van der Waals surface area contributed by atoms with E-state index in [1.165, 1.54) is 12.1 Å². The summed E-state index contributed by atoms with van der Waals surface area (Å²) in [6.07, 6.45) is 1.80. The molecule has 1 aromatic heterocycles. The predicted molar refractivity (Wildman–Crippen MR) is 92.9 cm³/mol. The second kappa shape index (κ2) is 8.38. The summed E-state index contributed by atoms with van der Waals surface area (Å²) in [5, 5.41) is 3.01. The van der Waals surface area contributed by atoms with Gasteiger partial charge < -0.3 is 10.2 Å². The Balaban J connectivity index is 2.23. The second-order valence-electron chi connectivity index (χ2n) is 5.64. The fourth-order valence-corrected chi connectivity index (χ4v) is 2.41. The van der Waals surface area contributed by atoms with Crippen LogP contribution in [-0.2, 0) is 0 Å². The van der Waals surface area contributed by atoms with Crippen LogP contribution in [0.1, 0.15) is 42.9 Å². The van der Waals surface area contributed by atoms with Crippen molar-refractivity contribution in [2.24, 2.45) is 0 Å². The minimum atomic E-state index is -0.309. The number of halogens is 1. The average molecular weight is 330 g/mol. The van der Waals surface area contributed by atoms with Crippen molar-refractivity contribution >= 4 is 17.5 Å². The Labute approximate surface area is 141 Å². The molecule has 1 amide bonds. The molecule has 0 saturated carbocycles. The lowest BCUT2D eigenvalue weighted by atomic mass is 10.2. The van der Waals surface area contributed by atoms with Gasteiger partial charge in [0.1, 0.15) is 11.5 Å². The van der Waals surface area contributed by atoms with Crippen LogP contribution in [0, 0.1) is 12.7 Å². The number of benzene rings is 1. The van der Waals surface area contributed by atoms with Crippen LogP contribution in [0.25, 0.3) is 0 Å². The zero-order chi connectivity index (χ0) is 17.5. The molecule has 1 heterocycles. The molecule has 0 aliphatic heterocycles. The van der Waals surface area contributed by atoms with Crippen LogP contribution in [0.2, 0.25) is 0 Å². The molecule has 0 atom stereocenters. The molecule has 2 rings (SSSR count). The molecule has 0 spiro atoms. The van der Waals surface area contributed by atoms with Gasteiger partial charge in [-0.3, -0.25) is 4.79 Å². The van der Waals surface area contributed by atoms with E-state index in [9.17, 15) is 9.18 Å². The Morgan fingerprint density at radius 1 is 1.12 bits per heavy atom. The highest BCUT2D eigenvalue weighted by Gasteiger charge is 2.17. The van der Waals surface area contributed by atoms with E-state index in [-0.39, 0.29) is 11.7 Å². The number of carbonyl (C=O) groups excluding carboxylic acids is 1. The number of amides is 1. The Morgan fingerprint density at radius 2 is 1.75 bits per heavy atom. The molecule has 0 saturated heterocycles. The summed E-state index contributed by atoms with van der Waals surface area (Å²) in [6.45, 7) is 7.32. The number of nitrogens with one attached hydrogen (secondary N) is 1. The number of nitrogens with zero attached hydrogens (tertiary/aromatic N) is 3.